The van der Waals surface area contributed by atoms with Crippen molar-refractivity contribution in [3.8, 4) is 5.75 Å². The Morgan fingerprint density at radius 1 is 1.20 bits per heavy atom. The van der Waals surface area contributed by atoms with E-state index in [0.717, 1.165) is 31.4 Å². The monoisotopic (exact) mass is 283 g/mol. The van der Waals surface area contributed by atoms with Crippen molar-refractivity contribution in [3.05, 3.63) is 29.6 Å². The first-order valence-electron chi connectivity index (χ1n) is 7.41. The Balaban J connectivity index is 2.47. The van der Waals surface area contributed by atoms with Crippen molar-refractivity contribution in [1.29, 1.82) is 0 Å². The van der Waals surface area contributed by atoms with Gasteiger partial charge in [-0.2, -0.15) is 0 Å². The van der Waals surface area contributed by atoms with Crippen LogP contribution in [0.25, 0.3) is 0 Å². The van der Waals surface area contributed by atoms with E-state index in [1.54, 1.807) is 6.07 Å². The van der Waals surface area contributed by atoms with Gasteiger partial charge in [-0.05, 0) is 43.0 Å². The maximum absolute atomic E-state index is 13.3. The number of ether oxygens (including phenoxy) is 2. The molecule has 0 heterocycles. The summed E-state index contributed by atoms with van der Waals surface area (Å²) in [5, 5.41) is 0. The third kappa shape index (κ3) is 6.35. The average molecular weight is 283 g/mol. The van der Waals surface area contributed by atoms with Gasteiger partial charge in [0.1, 0.15) is 18.2 Å². The minimum absolute atomic E-state index is 0.0277. The summed E-state index contributed by atoms with van der Waals surface area (Å²) in [6, 6.07) is 4.61. The van der Waals surface area contributed by atoms with E-state index in [-0.39, 0.29) is 11.9 Å². The number of benzene rings is 1. The largest absolute Gasteiger partial charge is 0.491 e. The molecule has 1 aromatic carbocycles. The Morgan fingerprint density at radius 3 is 2.70 bits per heavy atom. The minimum atomic E-state index is -0.255. The van der Waals surface area contributed by atoms with Gasteiger partial charge >= 0.3 is 0 Å². The van der Waals surface area contributed by atoms with Gasteiger partial charge in [0.15, 0.2) is 0 Å². The topological polar surface area (TPSA) is 44.5 Å². The highest BCUT2D eigenvalue weighted by molar-refractivity contribution is 5.34. The number of hydrogen-bond donors (Lipinski definition) is 1. The second-order valence-corrected chi connectivity index (χ2v) is 4.94. The molecule has 0 saturated heterocycles. The second kappa shape index (κ2) is 9.72. The first-order valence-corrected chi connectivity index (χ1v) is 7.41. The van der Waals surface area contributed by atoms with Gasteiger partial charge in [-0.15, -0.1) is 0 Å². The maximum Gasteiger partial charge on any atom is 0.123 e. The zero-order valence-electron chi connectivity index (χ0n) is 12.5. The van der Waals surface area contributed by atoms with E-state index >= 15 is 0 Å². The molecule has 114 valence electrons. The van der Waals surface area contributed by atoms with E-state index in [9.17, 15) is 4.39 Å². The van der Waals surface area contributed by atoms with Gasteiger partial charge in [0.05, 0.1) is 6.61 Å². The summed E-state index contributed by atoms with van der Waals surface area (Å²) in [4.78, 5) is 0. The van der Waals surface area contributed by atoms with Gasteiger partial charge in [-0.1, -0.05) is 20.3 Å². The quantitative estimate of drug-likeness (QED) is 0.670. The molecule has 0 radical (unpaired) electrons. The Morgan fingerprint density at radius 2 is 2.00 bits per heavy atom. The van der Waals surface area contributed by atoms with Crippen LogP contribution in [0.5, 0.6) is 5.75 Å². The summed E-state index contributed by atoms with van der Waals surface area (Å²) < 4.78 is 24.4. The van der Waals surface area contributed by atoms with E-state index in [0.29, 0.717) is 25.4 Å². The molecule has 0 aliphatic heterocycles. The predicted octanol–water partition coefficient (Wildman–Crippen LogP) is 3.30. The zero-order valence-corrected chi connectivity index (χ0v) is 12.5. The molecule has 20 heavy (non-hydrogen) atoms. The lowest BCUT2D eigenvalue weighted by Crippen LogP contribution is -2.22. The van der Waals surface area contributed by atoms with E-state index in [1.807, 2.05) is 6.92 Å². The van der Waals surface area contributed by atoms with Crippen molar-refractivity contribution < 1.29 is 13.9 Å². The van der Waals surface area contributed by atoms with Crippen LogP contribution in [0.15, 0.2) is 18.2 Å². The average Bonchev–Trinajstić information content (AvgIpc) is 2.44. The Kier molecular flexibility index (Phi) is 8.23. The highest BCUT2D eigenvalue weighted by Crippen LogP contribution is 2.21. The van der Waals surface area contributed by atoms with Crippen LogP contribution < -0.4 is 10.5 Å². The molecule has 1 atom stereocenters. The summed E-state index contributed by atoms with van der Waals surface area (Å²) in [6.45, 7) is 5.94. The van der Waals surface area contributed by atoms with Crippen molar-refractivity contribution in [2.75, 3.05) is 19.8 Å². The van der Waals surface area contributed by atoms with Crippen molar-refractivity contribution in [3.63, 3.8) is 0 Å². The number of unbranched alkanes of at least 4 members (excludes halogenated alkanes) is 1. The molecule has 0 saturated carbocycles. The third-order valence-electron chi connectivity index (χ3n) is 3.16. The highest BCUT2D eigenvalue weighted by Gasteiger charge is 2.09. The normalized spacial score (nSPS) is 12.4. The SMILES string of the molecule is CCCCOCCOc1ccc(F)cc1CC(N)CC. The Labute approximate surface area is 121 Å². The van der Waals surface area contributed by atoms with Crippen LogP contribution in [0.2, 0.25) is 0 Å². The van der Waals surface area contributed by atoms with Crippen molar-refractivity contribution in [2.24, 2.45) is 5.73 Å². The number of rotatable bonds is 10. The van der Waals surface area contributed by atoms with Crippen molar-refractivity contribution in [1.82, 2.24) is 0 Å². The summed E-state index contributed by atoms with van der Waals surface area (Å²) in [5.41, 5.74) is 6.76. The van der Waals surface area contributed by atoms with Crippen LogP contribution in [0, 0.1) is 5.82 Å². The maximum atomic E-state index is 13.3. The van der Waals surface area contributed by atoms with Crippen LogP contribution in [0.4, 0.5) is 4.39 Å². The van der Waals surface area contributed by atoms with Gasteiger partial charge in [-0.25, -0.2) is 4.39 Å². The summed E-state index contributed by atoms with van der Waals surface area (Å²) >= 11 is 0. The van der Waals surface area contributed by atoms with E-state index in [4.69, 9.17) is 15.2 Å². The van der Waals surface area contributed by atoms with Crippen molar-refractivity contribution in [2.45, 2.75) is 45.6 Å². The van der Waals surface area contributed by atoms with Crippen LogP contribution >= 0.6 is 0 Å². The molecule has 0 spiro atoms. The summed E-state index contributed by atoms with van der Waals surface area (Å²) in [6.07, 6.45) is 3.67. The smallest absolute Gasteiger partial charge is 0.123 e. The predicted molar refractivity (Wildman–Crippen MR) is 79.6 cm³/mol. The molecule has 0 amide bonds. The molecule has 3 nitrogen and oxygen atoms in total. The number of nitrogens with two attached hydrogens (primary N) is 1. The summed E-state index contributed by atoms with van der Waals surface area (Å²) in [7, 11) is 0. The molecular weight excluding hydrogens is 257 g/mol. The molecule has 0 fully saturated rings. The van der Waals surface area contributed by atoms with Crippen LogP contribution in [-0.2, 0) is 11.2 Å². The fourth-order valence-corrected chi connectivity index (χ4v) is 1.83. The van der Waals surface area contributed by atoms with Crippen LogP contribution in [0.3, 0.4) is 0 Å². The first-order chi connectivity index (χ1) is 9.67. The fraction of sp³-hybridized carbons (Fsp3) is 0.625. The van der Waals surface area contributed by atoms with Crippen LogP contribution in [-0.4, -0.2) is 25.9 Å². The molecule has 0 aliphatic carbocycles. The van der Waals surface area contributed by atoms with E-state index < -0.39 is 0 Å². The van der Waals surface area contributed by atoms with E-state index in [1.165, 1.54) is 12.1 Å². The van der Waals surface area contributed by atoms with Gasteiger partial charge in [-0.3, -0.25) is 0 Å². The van der Waals surface area contributed by atoms with Gasteiger partial charge in [0, 0.05) is 12.6 Å². The molecule has 0 aromatic heterocycles. The van der Waals surface area contributed by atoms with E-state index in [2.05, 4.69) is 6.92 Å². The molecule has 1 aromatic rings. The second-order valence-electron chi connectivity index (χ2n) is 4.94. The molecular formula is C16H26FNO2. The highest BCUT2D eigenvalue weighted by atomic mass is 19.1. The fourth-order valence-electron chi connectivity index (χ4n) is 1.83. The molecule has 2 N–H and O–H groups in total. The lowest BCUT2D eigenvalue weighted by atomic mass is 10.0. The molecule has 0 bridgehead atoms. The Bertz CT molecular complexity index is 385. The van der Waals surface area contributed by atoms with Gasteiger partial charge < -0.3 is 15.2 Å². The lowest BCUT2D eigenvalue weighted by Gasteiger charge is -2.14. The minimum Gasteiger partial charge on any atom is -0.491 e. The lowest BCUT2D eigenvalue weighted by molar-refractivity contribution is 0.0977. The van der Waals surface area contributed by atoms with Crippen LogP contribution in [0.1, 0.15) is 38.7 Å². The molecule has 4 heteroatoms. The first kappa shape index (κ1) is 16.9. The molecule has 1 rings (SSSR count). The Hall–Kier alpha value is -1.13. The molecule has 0 aliphatic rings. The summed E-state index contributed by atoms with van der Waals surface area (Å²) in [5.74, 6) is 0.448. The van der Waals surface area contributed by atoms with Gasteiger partial charge in [0.25, 0.3) is 0 Å². The zero-order chi connectivity index (χ0) is 14.8. The number of hydrogen-bond acceptors (Lipinski definition) is 3. The van der Waals surface area contributed by atoms with Crippen molar-refractivity contribution >= 4 is 0 Å². The number of halogens is 1. The molecule has 1 unspecified atom stereocenters. The standard InChI is InChI=1S/C16H26FNO2/c1-3-5-8-19-9-10-20-16-7-6-14(17)11-13(16)12-15(18)4-2/h6-7,11,15H,3-5,8-10,12,18H2,1-2H3. The third-order valence-corrected chi connectivity index (χ3v) is 3.16. The van der Waals surface area contributed by atoms with Gasteiger partial charge in [0.2, 0.25) is 0 Å².